The maximum absolute atomic E-state index is 12.0. The summed E-state index contributed by atoms with van der Waals surface area (Å²) in [7, 11) is -2.73. The number of hydrogen-bond donors (Lipinski definition) is 0. The highest BCUT2D eigenvalue weighted by molar-refractivity contribution is 7.85. The summed E-state index contributed by atoms with van der Waals surface area (Å²) in [4.78, 5) is 3.79. The van der Waals surface area contributed by atoms with Crippen LogP contribution in [-0.2, 0) is 20.1 Å². The maximum atomic E-state index is 12.0. The smallest absolute Gasteiger partial charge is 0.406 e. The molecule has 0 aliphatic heterocycles. The summed E-state index contributed by atoms with van der Waals surface area (Å²) in [6.45, 7) is 0. The van der Waals surface area contributed by atoms with Crippen molar-refractivity contribution in [2.24, 2.45) is 0 Å². The van der Waals surface area contributed by atoms with Gasteiger partial charge < -0.3 is 4.74 Å². The molecule has 0 unspecified atom stereocenters. The molecule has 0 N–H and O–H groups in total. The van der Waals surface area contributed by atoms with Crippen LogP contribution < -0.4 is 4.74 Å². The second-order valence-electron chi connectivity index (χ2n) is 4.02. The number of benzene rings is 1. The Balaban J connectivity index is 2.14. The van der Waals surface area contributed by atoms with Gasteiger partial charge in [-0.15, -0.1) is 13.2 Å². The molecule has 0 saturated heterocycles. The van der Waals surface area contributed by atoms with E-state index >= 15 is 0 Å². The Kier molecular flexibility index (Phi) is 4.37. The summed E-state index contributed by atoms with van der Waals surface area (Å²) in [5.41, 5.74) is 0.392. The molecule has 1 aromatic heterocycles. The van der Waals surface area contributed by atoms with Gasteiger partial charge in [-0.2, -0.15) is 13.5 Å². The van der Waals surface area contributed by atoms with Gasteiger partial charge in [0.15, 0.2) is 5.82 Å². The Bertz CT molecular complexity index is 741. The van der Waals surface area contributed by atoms with E-state index in [1.165, 1.54) is 23.1 Å². The first-order chi connectivity index (χ1) is 10.2. The molecule has 1 heterocycles. The van der Waals surface area contributed by atoms with E-state index in [4.69, 9.17) is 0 Å². The lowest BCUT2D eigenvalue weighted by atomic mass is 10.3. The minimum absolute atomic E-state index is 0.00234. The molecular weight excluding hydrogens is 327 g/mol. The van der Waals surface area contributed by atoms with Crippen molar-refractivity contribution in [3.8, 4) is 11.4 Å². The number of halogens is 3. The summed E-state index contributed by atoms with van der Waals surface area (Å²) >= 11 is 0. The first-order valence-corrected chi connectivity index (χ1v) is 7.31. The van der Waals surface area contributed by atoms with Gasteiger partial charge in [-0.1, -0.05) is 0 Å². The van der Waals surface area contributed by atoms with Gasteiger partial charge in [0.05, 0.1) is 12.8 Å². The predicted molar refractivity (Wildman–Crippen MR) is 67.7 cm³/mol. The summed E-state index contributed by atoms with van der Waals surface area (Å²) < 4.78 is 67.9. The van der Waals surface area contributed by atoms with Crippen molar-refractivity contribution < 1.29 is 30.5 Å². The molecule has 0 amide bonds. The lowest BCUT2D eigenvalue weighted by molar-refractivity contribution is -0.274. The van der Waals surface area contributed by atoms with E-state index in [1.807, 2.05) is 0 Å². The van der Waals surface area contributed by atoms with E-state index in [2.05, 4.69) is 19.0 Å². The number of aromatic nitrogens is 3. The monoisotopic (exact) mass is 337 g/mol. The maximum Gasteiger partial charge on any atom is 0.573 e. The quantitative estimate of drug-likeness (QED) is 0.772. The van der Waals surface area contributed by atoms with E-state index in [9.17, 15) is 21.6 Å². The van der Waals surface area contributed by atoms with Crippen molar-refractivity contribution in [3.05, 3.63) is 36.4 Å². The highest BCUT2D eigenvalue weighted by Crippen LogP contribution is 2.23. The second kappa shape index (κ2) is 5.93. The van der Waals surface area contributed by atoms with Crippen LogP contribution in [0.1, 0.15) is 5.82 Å². The summed E-state index contributed by atoms with van der Waals surface area (Å²) in [6, 6.07) is 4.86. The molecular formula is C11H10F3N3O4S. The lowest BCUT2D eigenvalue weighted by Crippen LogP contribution is -2.17. The van der Waals surface area contributed by atoms with Gasteiger partial charge in [0.1, 0.15) is 17.8 Å². The zero-order valence-electron chi connectivity index (χ0n) is 11.1. The van der Waals surface area contributed by atoms with Gasteiger partial charge in [0, 0.05) is 0 Å². The van der Waals surface area contributed by atoms with Crippen LogP contribution in [0.15, 0.2) is 30.6 Å². The number of nitrogens with zero attached hydrogens (tertiary/aromatic N) is 3. The molecule has 11 heteroatoms. The van der Waals surface area contributed by atoms with Crippen LogP contribution in [-0.4, -0.2) is 36.7 Å². The fourth-order valence-electron chi connectivity index (χ4n) is 1.51. The molecule has 0 atom stereocenters. The van der Waals surface area contributed by atoms with Crippen molar-refractivity contribution in [1.82, 2.24) is 14.8 Å². The average Bonchev–Trinajstić information content (AvgIpc) is 2.85. The predicted octanol–water partition coefficient (Wildman–Crippen LogP) is 1.64. The topological polar surface area (TPSA) is 83.3 Å². The number of hydrogen-bond acceptors (Lipinski definition) is 6. The minimum atomic E-state index is -4.77. The molecule has 2 aromatic rings. The highest BCUT2D eigenvalue weighted by Gasteiger charge is 2.31. The van der Waals surface area contributed by atoms with Gasteiger partial charge in [0.25, 0.3) is 10.1 Å². The Morgan fingerprint density at radius 2 is 1.86 bits per heavy atom. The SMILES string of the molecule is COS(=O)(=O)Cc1ncn(-c2ccc(OC(F)(F)F)cc2)n1. The standard InChI is InChI=1S/C11H10F3N3O4S/c1-20-22(18,19)6-10-15-7-17(16-10)8-2-4-9(5-3-8)21-11(12,13)14/h2-5,7H,6H2,1H3. The molecule has 0 spiro atoms. The first-order valence-electron chi connectivity index (χ1n) is 5.73. The molecule has 7 nitrogen and oxygen atoms in total. The van der Waals surface area contributed by atoms with Gasteiger partial charge >= 0.3 is 6.36 Å². The van der Waals surface area contributed by atoms with E-state index in [0.29, 0.717) is 5.69 Å². The highest BCUT2D eigenvalue weighted by atomic mass is 32.2. The van der Waals surface area contributed by atoms with Crippen molar-refractivity contribution in [1.29, 1.82) is 0 Å². The molecule has 120 valence electrons. The molecule has 0 aliphatic carbocycles. The van der Waals surface area contributed by atoms with Gasteiger partial charge in [-0.25, -0.2) is 9.67 Å². The fourth-order valence-corrected chi connectivity index (χ4v) is 2.07. The third-order valence-corrected chi connectivity index (χ3v) is 3.55. The van der Waals surface area contributed by atoms with Crippen molar-refractivity contribution >= 4 is 10.1 Å². The molecule has 0 fully saturated rings. The van der Waals surface area contributed by atoms with E-state index in [1.54, 1.807) is 0 Å². The Morgan fingerprint density at radius 3 is 2.41 bits per heavy atom. The molecule has 0 saturated carbocycles. The molecule has 0 bridgehead atoms. The molecule has 22 heavy (non-hydrogen) atoms. The second-order valence-corrected chi connectivity index (χ2v) is 5.75. The van der Waals surface area contributed by atoms with Gasteiger partial charge in [-0.3, -0.25) is 4.18 Å². The molecule has 0 radical (unpaired) electrons. The molecule has 0 aliphatic rings. The lowest BCUT2D eigenvalue weighted by Gasteiger charge is -2.09. The van der Waals surface area contributed by atoms with Crippen LogP contribution in [0, 0.1) is 0 Å². The van der Waals surface area contributed by atoms with Crippen LogP contribution in [0.4, 0.5) is 13.2 Å². The Labute approximate surface area is 123 Å². The summed E-state index contributed by atoms with van der Waals surface area (Å²) in [6.07, 6.45) is -3.53. The Hall–Kier alpha value is -2.14. The van der Waals surface area contributed by atoms with Crippen LogP contribution >= 0.6 is 0 Å². The third-order valence-electron chi connectivity index (χ3n) is 2.43. The summed E-state index contributed by atoms with van der Waals surface area (Å²) in [5, 5.41) is 3.90. The van der Waals surface area contributed by atoms with Gasteiger partial charge in [0.2, 0.25) is 0 Å². The molecule has 1 aromatic carbocycles. The number of ether oxygens (including phenoxy) is 1. The van der Waals surface area contributed by atoms with Crippen LogP contribution in [0.3, 0.4) is 0 Å². The summed E-state index contributed by atoms with van der Waals surface area (Å²) in [5.74, 6) is -0.887. The van der Waals surface area contributed by atoms with E-state index in [-0.39, 0.29) is 11.6 Å². The van der Waals surface area contributed by atoms with Crippen LogP contribution in [0.5, 0.6) is 5.75 Å². The third kappa shape index (κ3) is 4.43. The zero-order chi connectivity index (χ0) is 16.4. The zero-order valence-corrected chi connectivity index (χ0v) is 11.9. The van der Waals surface area contributed by atoms with Crippen LogP contribution in [0.2, 0.25) is 0 Å². The van der Waals surface area contributed by atoms with E-state index in [0.717, 1.165) is 19.2 Å². The first kappa shape index (κ1) is 16.2. The normalized spacial score (nSPS) is 12.4. The largest absolute Gasteiger partial charge is 0.573 e. The van der Waals surface area contributed by atoms with E-state index < -0.39 is 22.2 Å². The average molecular weight is 337 g/mol. The van der Waals surface area contributed by atoms with Crippen molar-refractivity contribution in [3.63, 3.8) is 0 Å². The number of rotatable bonds is 5. The minimum Gasteiger partial charge on any atom is -0.406 e. The molecule has 2 rings (SSSR count). The van der Waals surface area contributed by atoms with Crippen molar-refractivity contribution in [2.75, 3.05) is 7.11 Å². The number of alkyl halides is 3. The fraction of sp³-hybridized carbons (Fsp3) is 0.273. The van der Waals surface area contributed by atoms with Crippen molar-refractivity contribution in [2.45, 2.75) is 12.1 Å². The van der Waals surface area contributed by atoms with Gasteiger partial charge in [-0.05, 0) is 24.3 Å². The Morgan fingerprint density at radius 1 is 1.23 bits per heavy atom. The van der Waals surface area contributed by atoms with Crippen LogP contribution in [0.25, 0.3) is 5.69 Å².